The van der Waals surface area contributed by atoms with Crippen LogP contribution < -0.4 is 10.2 Å². The van der Waals surface area contributed by atoms with Gasteiger partial charge in [0.05, 0.1) is 34.6 Å². The van der Waals surface area contributed by atoms with Gasteiger partial charge in [-0.05, 0) is 51.8 Å². The summed E-state index contributed by atoms with van der Waals surface area (Å²) in [6, 6.07) is 24.2. The van der Waals surface area contributed by atoms with Crippen LogP contribution in [0.5, 0.6) is 5.75 Å². The van der Waals surface area contributed by atoms with E-state index in [1.54, 1.807) is 24.3 Å². The Morgan fingerprint density at radius 3 is 2.56 bits per heavy atom. The average molecular weight is 518 g/mol. The third-order valence-electron chi connectivity index (χ3n) is 4.94. The van der Waals surface area contributed by atoms with Crippen LogP contribution >= 0.6 is 15.9 Å². The molecular weight excluding hydrogens is 498 g/mol. The normalized spacial score (nSPS) is 10.9. The van der Waals surface area contributed by atoms with E-state index < -0.39 is 5.97 Å². The summed E-state index contributed by atoms with van der Waals surface area (Å²) < 4.78 is 10.6. The smallest absolute Gasteiger partial charge is 0.343 e. The number of hydrogen-bond donors (Lipinski definition) is 1. The van der Waals surface area contributed by atoms with Gasteiger partial charge < -0.3 is 9.47 Å². The fourth-order valence-electron chi connectivity index (χ4n) is 3.26. The van der Waals surface area contributed by atoms with Crippen molar-refractivity contribution in [2.24, 2.45) is 5.10 Å². The zero-order valence-corrected chi connectivity index (χ0v) is 19.8. The molecule has 170 valence electrons. The molecule has 1 heterocycles. The van der Waals surface area contributed by atoms with Crippen molar-refractivity contribution in [2.45, 2.75) is 0 Å². The number of ether oxygens (including phenoxy) is 2. The van der Waals surface area contributed by atoms with Crippen molar-refractivity contribution in [3.8, 4) is 17.0 Å². The van der Waals surface area contributed by atoms with Crippen LogP contribution in [-0.4, -0.2) is 36.8 Å². The molecule has 1 aromatic heterocycles. The summed E-state index contributed by atoms with van der Waals surface area (Å²) in [5.41, 5.74) is 6.16. The van der Waals surface area contributed by atoms with E-state index in [-0.39, 0.29) is 12.5 Å². The summed E-state index contributed by atoms with van der Waals surface area (Å²) in [7, 11) is 1.30. The monoisotopic (exact) mass is 517 g/mol. The molecule has 3 aromatic carbocycles. The van der Waals surface area contributed by atoms with Crippen LogP contribution in [0, 0.1) is 0 Å². The second-order valence-corrected chi connectivity index (χ2v) is 8.05. The highest BCUT2D eigenvalue weighted by atomic mass is 79.9. The van der Waals surface area contributed by atoms with Crippen molar-refractivity contribution >= 4 is 44.9 Å². The summed E-state index contributed by atoms with van der Waals surface area (Å²) in [6.45, 7) is -0.191. The Bertz CT molecular complexity index is 1370. The highest BCUT2D eigenvalue weighted by Gasteiger charge is 2.13. The van der Waals surface area contributed by atoms with Crippen LogP contribution in [0.3, 0.4) is 0 Å². The van der Waals surface area contributed by atoms with E-state index in [0.717, 1.165) is 22.0 Å². The summed E-state index contributed by atoms with van der Waals surface area (Å²) in [6.07, 6.45) is 1.52. The topological polar surface area (TPSA) is 89.9 Å². The van der Waals surface area contributed by atoms with Crippen LogP contribution in [-0.2, 0) is 9.53 Å². The number of fused-ring (bicyclic) bond motifs is 1. The second-order valence-electron chi connectivity index (χ2n) is 7.19. The first-order valence-electron chi connectivity index (χ1n) is 10.3. The van der Waals surface area contributed by atoms with Crippen LogP contribution in [0.4, 0.5) is 0 Å². The Morgan fingerprint density at radius 1 is 1.03 bits per heavy atom. The third-order valence-corrected chi connectivity index (χ3v) is 5.56. The first kappa shape index (κ1) is 23.1. The highest BCUT2D eigenvalue weighted by molar-refractivity contribution is 9.10. The number of pyridine rings is 1. The predicted molar refractivity (Wildman–Crippen MR) is 134 cm³/mol. The number of amides is 1. The average Bonchev–Trinajstić information content (AvgIpc) is 2.87. The van der Waals surface area contributed by atoms with E-state index >= 15 is 0 Å². The largest absolute Gasteiger partial charge is 0.481 e. The van der Waals surface area contributed by atoms with Crippen molar-refractivity contribution in [3.05, 3.63) is 94.5 Å². The summed E-state index contributed by atoms with van der Waals surface area (Å²) in [5.74, 6) is -0.327. The first-order valence-corrected chi connectivity index (χ1v) is 11.1. The van der Waals surface area contributed by atoms with E-state index in [2.05, 4.69) is 31.2 Å². The zero-order chi connectivity index (χ0) is 23.9. The van der Waals surface area contributed by atoms with Gasteiger partial charge in [-0.25, -0.2) is 15.2 Å². The van der Waals surface area contributed by atoms with E-state index in [1.165, 1.54) is 13.3 Å². The van der Waals surface area contributed by atoms with Crippen molar-refractivity contribution < 1.29 is 19.1 Å². The number of nitrogens with one attached hydrogen (secondary N) is 1. The number of para-hydroxylation sites is 1. The Balaban J connectivity index is 1.52. The van der Waals surface area contributed by atoms with Crippen molar-refractivity contribution in [3.63, 3.8) is 0 Å². The minimum atomic E-state index is -0.473. The van der Waals surface area contributed by atoms with Gasteiger partial charge in [0.2, 0.25) is 0 Å². The van der Waals surface area contributed by atoms with Gasteiger partial charge in [0, 0.05) is 10.9 Å². The molecule has 0 unspecified atom stereocenters. The Morgan fingerprint density at radius 2 is 1.79 bits per heavy atom. The van der Waals surface area contributed by atoms with Crippen LogP contribution in [0.25, 0.3) is 22.2 Å². The molecule has 34 heavy (non-hydrogen) atoms. The number of benzene rings is 3. The van der Waals surface area contributed by atoms with Gasteiger partial charge in [-0.15, -0.1) is 0 Å². The second kappa shape index (κ2) is 10.7. The minimum absolute atomic E-state index is 0.191. The number of esters is 1. The standard InChI is InChI=1S/C26H20BrN3O4/c1-33-25(31)16-34-24-12-11-17(13-21(24)27)15-28-30-26(32)20-14-23(18-7-3-2-4-8-18)29-22-10-6-5-9-19(20)22/h2-15H,16H2,1H3,(H,30,32)/b28-15+. The number of carbonyl (C=O) groups excluding carboxylic acids is 2. The molecular formula is C26H20BrN3O4. The Kier molecular flexibility index (Phi) is 7.29. The number of methoxy groups -OCH3 is 1. The van der Waals surface area contributed by atoms with Crippen LogP contribution in [0.2, 0.25) is 0 Å². The zero-order valence-electron chi connectivity index (χ0n) is 18.2. The van der Waals surface area contributed by atoms with Gasteiger partial charge in [-0.3, -0.25) is 4.79 Å². The predicted octanol–water partition coefficient (Wildman–Crippen LogP) is 4.98. The van der Waals surface area contributed by atoms with E-state index in [9.17, 15) is 9.59 Å². The molecule has 0 radical (unpaired) electrons. The molecule has 0 aliphatic rings. The highest BCUT2D eigenvalue weighted by Crippen LogP contribution is 2.26. The summed E-state index contributed by atoms with van der Waals surface area (Å²) in [5, 5.41) is 4.85. The molecule has 0 saturated carbocycles. The number of halogens is 1. The van der Waals surface area contributed by atoms with Crippen molar-refractivity contribution in [2.75, 3.05) is 13.7 Å². The molecule has 0 atom stereocenters. The molecule has 0 aliphatic carbocycles. The SMILES string of the molecule is COC(=O)COc1ccc(/C=N/NC(=O)c2cc(-c3ccccc3)nc3ccccc23)cc1Br. The molecule has 0 spiro atoms. The van der Waals surface area contributed by atoms with Gasteiger partial charge >= 0.3 is 5.97 Å². The van der Waals surface area contributed by atoms with Gasteiger partial charge in [0.25, 0.3) is 5.91 Å². The van der Waals surface area contributed by atoms with Gasteiger partial charge in [0.1, 0.15) is 5.75 Å². The summed E-state index contributed by atoms with van der Waals surface area (Å²) in [4.78, 5) is 28.9. The van der Waals surface area contributed by atoms with Crippen molar-refractivity contribution in [1.29, 1.82) is 0 Å². The van der Waals surface area contributed by atoms with Gasteiger partial charge in [-0.2, -0.15) is 5.10 Å². The molecule has 0 saturated heterocycles. The maximum absolute atomic E-state index is 13.0. The Hall–Kier alpha value is -4.04. The number of nitrogens with zero attached hydrogens (tertiary/aromatic N) is 2. The van der Waals surface area contributed by atoms with E-state index in [0.29, 0.717) is 21.5 Å². The molecule has 4 aromatic rings. The lowest BCUT2D eigenvalue weighted by molar-refractivity contribution is -0.142. The maximum atomic E-state index is 13.0. The maximum Gasteiger partial charge on any atom is 0.343 e. The third kappa shape index (κ3) is 5.47. The molecule has 1 N–H and O–H groups in total. The number of hydrazone groups is 1. The lowest BCUT2D eigenvalue weighted by Gasteiger charge is -2.09. The number of aromatic nitrogens is 1. The Labute approximate surface area is 204 Å². The number of carbonyl (C=O) groups is 2. The fraction of sp³-hybridized carbons (Fsp3) is 0.0769. The molecule has 1 amide bonds. The van der Waals surface area contributed by atoms with E-state index in [1.807, 2.05) is 54.6 Å². The van der Waals surface area contributed by atoms with Crippen LogP contribution in [0.15, 0.2) is 88.4 Å². The molecule has 7 nitrogen and oxygen atoms in total. The van der Waals surface area contributed by atoms with Crippen molar-refractivity contribution in [1.82, 2.24) is 10.4 Å². The molecule has 4 rings (SSSR count). The van der Waals surface area contributed by atoms with Gasteiger partial charge in [0.15, 0.2) is 6.61 Å². The first-order chi connectivity index (χ1) is 16.5. The fourth-order valence-corrected chi connectivity index (χ4v) is 3.77. The van der Waals surface area contributed by atoms with E-state index in [4.69, 9.17) is 9.72 Å². The number of rotatable bonds is 7. The molecule has 0 fully saturated rings. The molecule has 0 aliphatic heterocycles. The van der Waals surface area contributed by atoms with Gasteiger partial charge in [-0.1, -0.05) is 48.5 Å². The lowest BCUT2D eigenvalue weighted by Crippen LogP contribution is -2.18. The number of hydrogen-bond acceptors (Lipinski definition) is 6. The lowest BCUT2D eigenvalue weighted by atomic mass is 10.0. The van der Waals surface area contributed by atoms with Crippen LogP contribution in [0.1, 0.15) is 15.9 Å². The minimum Gasteiger partial charge on any atom is -0.481 e. The quantitative estimate of drug-likeness (QED) is 0.212. The summed E-state index contributed by atoms with van der Waals surface area (Å²) >= 11 is 3.40. The molecule has 0 bridgehead atoms. The molecule has 8 heteroatoms.